The third-order valence-electron chi connectivity index (χ3n) is 2.27. The van der Waals surface area contributed by atoms with Gasteiger partial charge in [0.1, 0.15) is 5.75 Å². The number of nitriles is 1. The molecule has 0 saturated heterocycles. The van der Waals surface area contributed by atoms with Crippen molar-refractivity contribution in [3.8, 4) is 11.8 Å². The van der Waals surface area contributed by atoms with Crippen LogP contribution in [0.15, 0.2) is 24.3 Å². The summed E-state index contributed by atoms with van der Waals surface area (Å²) in [6.45, 7) is 0. The summed E-state index contributed by atoms with van der Waals surface area (Å²) in [5.41, 5.74) is 0.786. The van der Waals surface area contributed by atoms with E-state index in [0.29, 0.717) is 0 Å². The van der Waals surface area contributed by atoms with Crippen LogP contribution in [0.2, 0.25) is 0 Å². The lowest BCUT2D eigenvalue weighted by atomic mass is 9.97. The second-order valence-corrected chi connectivity index (χ2v) is 3.24. The Hall–Kier alpha value is -2.02. The van der Waals surface area contributed by atoms with E-state index in [2.05, 4.69) is 10.8 Å². The third kappa shape index (κ3) is 2.99. The largest absolute Gasteiger partial charge is 0.497 e. The van der Waals surface area contributed by atoms with Crippen molar-refractivity contribution in [3.63, 3.8) is 0 Å². The first kappa shape index (κ1) is 12.1. The molecule has 0 bridgehead atoms. The van der Waals surface area contributed by atoms with Gasteiger partial charge in [0.15, 0.2) is 0 Å². The number of hydrogen-bond donors (Lipinski definition) is 0. The number of hydrogen-bond acceptors (Lipinski definition) is 4. The standard InChI is InChI=1S/C12H13NO3/c1-15-11-5-3-9(4-6-11)10(8-13)7-12(14)16-2/h3-6,10H,7H2,1-2H3/t10-/m0/s1. The number of carbonyl (C=O) groups is 1. The van der Waals surface area contributed by atoms with E-state index in [1.165, 1.54) is 7.11 Å². The molecule has 84 valence electrons. The van der Waals surface area contributed by atoms with Crippen LogP contribution in [0, 0.1) is 11.3 Å². The van der Waals surface area contributed by atoms with Crippen LogP contribution in [-0.2, 0) is 9.53 Å². The molecule has 1 rings (SSSR count). The van der Waals surface area contributed by atoms with Crippen molar-refractivity contribution in [2.75, 3.05) is 14.2 Å². The lowest BCUT2D eigenvalue weighted by Gasteiger charge is -2.08. The fourth-order valence-corrected chi connectivity index (χ4v) is 1.32. The predicted octanol–water partition coefficient (Wildman–Crippen LogP) is 1.87. The summed E-state index contributed by atoms with van der Waals surface area (Å²) < 4.78 is 9.54. The highest BCUT2D eigenvalue weighted by atomic mass is 16.5. The molecule has 0 saturated carbocycles. The smallest absolute Gasteiger partial charge is 0.307 e. The maximum absolute atomic E-state index is 11.1. The van der Waals surface area contributed by atoms with Crippen LogP contribution in [0.25, 0.3) is 0 Å². The number of methoxy groups -OCH3 is 2. The summed E-state index contributed by atoms with van der Waals surface area (Å²) >= 11 is 0. The molecule has 0 N–H and O–H groups in total. The molecule has 0 aromatic heterocycles. The molecule has 16 heavy (non-hydrogen) atoms. The molecule has 0 heterocycles. The molecule has 1 aromatic carbocycles. The Balaban J connectivity index is 2.79. The maximum Gasteiger partial charge on any atom is 0.307 e. The van der Waals surface area contributed by atoms with Gasteiger partial charge in [0.25, 0.3) is 0 Å². The summed E-state index contributed by atoms with van der Waals surface area (Å²) in [4.78, 5) is 11.1. The lowest BCUT2D eigenvalue weighted by Crippen LogP contribution is -2.07. The highest BCUT2D eigenvalue weighted by Gasteiger charge is 2.15. The van der Waals surface area contributed by atoms with Crippen LogP contribution in [0.3, 0.4) is 0 Å². The van der Waals surface area contributed by atoms with Gasteiger partial charge in [0.2, 0.25) is 0 Å². The van der Waals surface area contributed by atoms with E-state index >= 15 is 0 Å². The molecule has 1 atom stereocenters. The second-order valence-electron chi connectivity index (χ2n) is 3.24. The normalized spacial score (nSPS) is 11.3. The topological polar surface area (TPSA) is 59.3 Å². The van der Waals surface area contributed by atoms with Gasteiger partial charge >= 0.3 is 5.97 Å². The average Bonchev–Trinajstić information content (AvgIpc) is 2.35. The Morgan fingerprint density at radius 1 is 1.38 bits per heavy atom. The molecular weight excluding hydrogens is 206 g/mol. The minimum Gasteiger partial charge on any atom is -0.497 e. The van der Waals surface area contributed by atoms with E-state index in [0.717, 1.165) is 11.3 Å². The zero-order chi connectivity index (χ0) is 12.0. The zero-order valence-electron chi connectivity index (χ0n) is 9.27. The van der Waals surface area contributed by atoms with E-state index < -0.39 is 5.92 Å². The van der Waals surface area contributed by atoms with Crippen molar-refractivity contribution >= 4 is 5.97 Å². The summed E-state index contributed by atoms with van der Waals surface area (Å²) in [6, 6.07) is 9.15. The molecule has 0 aliphatic rings. The van der Waals surface area contributed by atoms with Gasteiger partial charge in [0.05, 0.1) is 32.6 Å². The van der Waals surface area contributed by atoms with Crippen LogP contribution in [0.5, 0.6) is 5.75 Å². The summed E-state index contributed by atoms with van der Waals surface area (Å²) in [5, 5.41) is 8.96. The molecule has 0 aliphatic carbocycles. The van der Waals surface area contributed by atoms with Crippen LogP contribution in [0.4, 0.5) is 0 Å². The molecular formula is C12H13NO3. The van der Waals surface area contributed by atoms with Gasteiger partial charge in [0, 0.05) is 0 Å². The Labute approximate surface area is 94.4 Å². The molecule has 1 aromatic rings. The summed E-state index contributed by atoms with van der Waals surface area (Å²) in [5.74, 6) is -0.140. The van der Waals surface area contributed by atoms with Crippen LogP contribution >= 0.6 is 0 Å². The minimum atomic E-state index is -0.474. The Morgan fingerprint density at radius 2 is 2.00 bits per heavy atom. The van der Waals surface area contributed by atoms with Gasteiger partial charge in [-0.05, 0) is 17.7 Å². The third-order valence-corrected chi connectivity index (χ3v) is 2.27. The van der Waals surface area contributed by atoms with Crippen molar-refractivity contribution in [2.45, 2.75) is 12.3 Å². The van der Waals surface area contributed by atoms with Gasteiger partial charge in [-0.15, -0.1) is 0 Å². The number of esters is 1. The lowest BCUT2D eigenvalue weighted by molar-refractivity contribution is -0.140. The number of carbonyl (C=O) groups excluding carboxylic acids is 1. The first-order valence-corrected chi connectivity index (χ1v) is 4.81. The number of rotatable bonds is 4. The quantitative estimate of drug-likeness (QED) is 0.725. The molecule has 0 unspecified atom stereocenters. The minimum absolute atomic E-state index is 0.0688. The van der Waals surface area contributed by atoms with Gasteiger partial charge in [-0.25, -0.2) is 0 Å². The first-order chi connectivity index (χ1) is 7.71. The van der Waals surface area contributed by atoms with Crippen LogP contribution in [-0.4, -0.2) is 20.2 Å². The predicted molar refractivity (Wildman–Crippen MR) is 58.0 cm³/mol. The van der Waals surface area contributed by atoms with Crippen molar-refractivity contribution in [1.82, 2.24) is 0 Å². The molecule has 0 aliphatic heterocycles. The van der Waals surface area contributed by atoms with Gasteiger partial charge in [-0.1, -0.05) is 12.1 Å². The van der Waals surface area contributed by atoms with Crippen molar-refractivity contribution < 1.29 is 14.3 Å². The summed E-state index contributed by atoms with van der Waals surface area (Å²) in [6.07, 6.45) is 0.0688. The van der Waals surface area contributed by atoms with E-state index in [-0.39, 0.29) is 12.4 Å². The van der Waals surface area contributed by atoms with Crippen LogP contribution in [0.1, 0.15) is 17.9 Å². The maximum atomic E-state index is 11.1. The van der Waals surface area contributed by atoms with E-state index in [1.54, 1.807) is 31.4 Å². The zero-order valence-corrected chi connectivity index (χ0v) is 9.27. The number of benzene rings is 1. The highest BCUT2D eigenvalue weighted by molar-refractivity contribution is 5.71. The van der Waals surface area contributed by atoms with Gasteiger partial charge in [-0.3, -0.25) is 4.79 Å². The number of nitrogens with zero attached hydrogens (tertiary/aromatic N) is 1. The molecule has 0 fully saturated rings. The highest BCUT2D eigenvalue weighted by Crippen LogP contribution is 2.21. The Bertz CT molecular complexity index is 392. The fraction of sp³-hybridized carbons (Fsp3) is 0.333. The molecule has 4 heteroatoms. The Kier molecular flexibility index (Phi) is 4.34. The monoisotopic (exact) mass is 219 g/mol. The molecule has 0 radical (unpaired) electrons. The average molecular weight is 219 g/mol. The molecule has 4 nitrogen and oxygen atoms in total. The van der Waals surface area contributed by atoms with Crippen LogP contribution < -0.4 is 4.74 Å². The SMILES string of the molecule is COC(=O)C[C@@H](C#N)c1ccc(OC)cc1. The Morgan fingerprint density at radius 3 is 2.44 bits per heavy atom. The molecule has 0 spiro atoms. The van der Waals surface area contributed by atoms with E-state index in [1.807, 2.05) is 0 Å². The second kappa shape index (κ2) is 5.76. The summed E-state index contributed by atoms with van der Waals surface area (Å²) in [7, 11) is 2.88. The van der Waals surface area contributed by atoms with Gasteiger partial charge in [-0.2, -0.15) is 5.26 Å². The molecule has 0 amide bonds. The first-order valence-electron chi connectivity index (χ1n) is 4.81. The fourth-order valence-electron chi connectivity index (χ4n) is 1.32. The van der Waals surface area contributed by atoms with Gasteiger partial charge < -0.3 is 9.47 Å². The van der Waals surface area contributed by atoms with Crippen molar-refractivity contribution in [3.05, 3.63) is 29.8 Å². The van der Waals surface area contributed by atoms with Crippen molar-refractivity contribution in [1.29, 1.82) is 5.26 Å². The van der Waals surface area contributed by atoms with E-state index in [9.17, 15) is 4.79 Å². The van der Waals surface area contributed by atoms with E-state index in [4.69, 9.17) is 10.00 Å². The van der Waals surface area contributed by atoms with Crippen molar-refractivity contribution in [2.24, 2.45) is 0 Å². The number of ether oxygens (including phenoxy) is 2.